The van der Waals surface area contributed by atoms with Gasteiger partial charge in [0.2, 0.25) is 0 Å². The van der Waals surface area contributed by atoms with Crippen molar-refractivity contribution in [1.29, 1.82) is 0 Å². The van der Waals surface area contributed by atoms with E-state index in [0.29, 0.717) is 6.42 Å². The number of H-pyrrole nitrogens is 1. The fourth-order valence-electron chi connectivity index (χ4n) is 2.73. The van der Waals surface area contributed by atoms with E-state index in [1.807, 2.05) is 54.7 Å². The van der Waals surface area contributed by atoms with Crippen LogP contribution in [0.4, 0.5) is 4.79 Å². The molecule has 0 radical (unpaired) electrons. The maximum Gasteiger partial charge on any atom is 0.423 e. The van der Waals surface area contributed by atoms with Gasteiger partial charge in [-0.1, -0.05) is 41.6 Å². The molecule has 0 aliphatic rings. The molecule has 6 nitrogen and oxygen atoms in total. The third kappa shape index (κ3) is 4.30. The third-order valence-corrected chi connectivity index (χ3v) is 4.66. The van der Waals surface area contributed by atoms with Crippen molar-refractivity contribution in [1.82, 2.24) is 15.2 Å². The van der Waals surface area contributed by atoms with E-state index in [1.54, 1.807) is 0 Å². The SMILES string of the molecule is O=C(O)N(CCc1c[nH]c2cc(I)ccc12)N(O)Cc1ccccc1. The number of fused-ring (bicyclic) bond motifs is 1. The number of hydrogen-bond acceptors (Lipinski definition) is 3. The van der Waals surface area contributed by atoms with Crippen LogP contribution in [-0.4, -0.2) is 38.1 Å². The van der Waals surface area contributed by atoms with E-state index in [9.17, 15) is 15.1 Å². The monoisotopic (exact) mass is 451 g/mol. The molecule has 3 rings (SSSR count). The summed E-state index contributed by atoms with van der Waals surface area (Å²) in [7, 11) is 0. The molecule has 0 aliphatic carbocycles. The number of carboxylic acid groups (broad SMARTS) is 1. The standard InChI is InChI=1S/C18H18IN3O3/c19-15-6-7-16-14(11-20-17(16)10-15)8-9-21(18(23)24)22(25)12-13-4-2-1-3-5-13/h1-7,10-11,20,25H,8-9,12H2,(H,23,24). The number of carbonyl (C=O) groups is 1. The van der Waals surface area contributed by atoms with Gasteiger partial charge in [0, 0.05) is 27.2 Å². The molecule has 0 aliphatic heterocycles. The lowest BCUT2D eigenvalue weighted by Crippen LogP contribution is -2.44. The molecular formula is C18H18IN3O3. The molecule has 0 atom stereocenters. The second kappa shape index (κ2) is 7.85. The number of hydrazine groups is 1. The van der Waals surface area contributed by atoms with Crippen molar-refractivity contribution in [3.8, 4) is 0 Å². The molecule has 0 spiro atoms. The largest absolute Gasteiger partial charge is 0.464 e. The zero-order chi connectivity index (χ0) is 17.8. The number of nitrogens with zero attached hydrogens (tertiary/aromatic N) is 2. The highest BCUT2D eigenvalue weighted by atomic mass is 127. The van der Waals surface area contributed by atoms with Crippen LogP contribution >= 0.6 is 22.6 Å². The first-order valence-electron chi connectivity index (χ1n) is 7.81. The molecule has 0 saturated heterocycles. The topological polar surface area (TPSA) is 79.8 Å². The van der Waals surface area contributed by atoms with E-state index < -0.39 is 6.09 Å². The minimum atomic E-state index is -1.19. The van der Waals surface area contributed by atoms with Crippen LogP contribution in [0.15, 0.2) is 54.7 Å². The summed E-state index contributed by atoms with van der Waals surface area (Å²) in [5.41, 5.74) is 2.87. The fraction of sp³-hybridized carbons (Fsp3) is 0.167. The van der Waals surface area contributed by atoms with Crippen molar-refractivity contribution in [3.05, 3.63) is 69.4 Å². The fourth-order valence-corrected chi connectivity index (χ4v) is 3.22. The first-order valence-corrected chi connectivity index (χ1v) is 8.88. The molecule has 7 heteroatoms. The van der Waals surface area contributed by atoms with Crippen molar-refractivity contribution in [2.24, 2.45) is 0 Å². The minimum absolute atomic E-state index is 0.110. The van der Waals surface area contributed by atoms with Gasteiger partial charge in [0.25, 0.3) is 0 Å². The average molecular weight is 451 g/mol. The van der Waals surface area contributed by atoms with Crippen molar-refractivity contribution in [2.45, 2.75) is 13.0 Å². The molecule has 130 valence electrons. The summed E-state index contributed by atoms with van der Waals surface area (Å²) in [5, 5.41) is 22.3. The lowest BCUT2D eigenvalue weighted by Gasteiger charge is -2.27. The van der Waals surface area contributed by atoms with Crippen LogP contribution in [-0.2, 0) is 13.0 Å². The van der Waals surface area contributed by atoms with Gasteiger partial charge >= 0.3 is 6.09 Å². The van der Waals surface area contributed by atoms with Gasteiger partial charge in [-0.15, -0.1) is 0 Å². The lowest BCUT2D eigenvalue weighted by atomic mass is 10.1. The predicted octanol–water partition coefficient (Wildman–Crippen LogP) is 4.10. The molecular weight excluding hydrogens is 433 g/mol. The zero-order valence-electron chi connectivity index (χ0n) is 13.4. The first kappa shape index (κ1) is 17.7. The number of rotatable bonds is 6. The Morgan fingerprint density at radius 3 is 2.64 bits per heavy atom. The van der Waals surface area contributed by atoms with E-state index in [0.717, 1.165) is 35.8 Å². The van der Waals surface area contributed by atoms with E-state index in [1.165, 1.54) is 0 Å². The summed E-state index contributed by atoms with van der Waals surface area (Å²) in [5.74, 6) is 0. The maximum absolute atomic E-state index is 11.5. The Balaban J connectivity index is 1.70. The number of amides is 1. The summed E-state index contributed by atoms with van der Waals surface area (Å²) in [6.45, 7) is 0.275. The lowest BCUT2D eigenvalue weighted by molar-refractivity contribution is -0.233. The van der Waals surface area contributed by atoms with Crippen LogP contribution < -0.4 is 0 Å². The van der Waals surface area contributed by atoms with Crippen molar-refractivity contribution in [2.75, 3.05) is 6.54 Å². The van der Waals surface area contributed by atoms with Gasteiger partial charge in [0.15, 0.2) is 0 Å². The third-order valence-electron chi connectivity index (χ3n) is 3.99. The van der Waals surface area contributed by atoms with E-state index in [4.69, 9.17) is 0 Å². The number of hydrogen-bond donors (Lipinski definition) is 3. The highest BCUT2D eigenvalue weighted by molar-refractivity contribution is 14.1. The minimum Gasteiger partial charge on any atom is -0.464 e. The summed E-state index contributed by atoms with van der Waals surface area (Å²) in [6.07, 6.45) is 1.20. The highest BCUT2D eigenvalue weighted by Gasteiger charge is 2.20. The second-order valence-electron chi connectivity index (χ2n) is 5.68. The Morgan fingerprint density at radius 1 is 1.16 bits per heavy atom. The van der Waals surface area contributed by atoms with Gasteiger partial charge < -0.3 is 10.1 Å². The van der Waals surface area contributed by atoms with E-state index >= 15 is 0 Å². The van der Waals surface area contributed by atoms with Crippen LogP contribution in [0.1, 0.15) is 11.1 Å². The molecule has 1 heterocycles. The van der Waals surface area contributed by atoms with E-state index in [-0.39, 0.29) is 13.1 Å². The smallest absolute Gasteiger partial charge is 0.423 e. The second-order valence-corrected chi connectivity index (χ2v) is 6.92. The van der Waals surface area contributed by atoms with Gasteiger partial charge in [0.1, 0.15) is 0 Å². The molecule has 3 aromatic rings. The molecule has 1 aromatic heterocycles. The Kier molecular flexibility index (Phi) is 5.57. The Morgan fingerprint density at radius 2 is 1.92 bits per heavy atom. The van der Waals surface area contributed by atoms with E-state index in [2.05, 4.69) is 27.6 Å². The molecule has 25 heavy (non-hydrogen) atoms. The molecule has 1 amide bonds. The van der Waals surface area contributed by atoms with Crippen LogP contribution in [0.2, 0.25) is 0 Å². The number of nitrogens with one attached hydrogen (secondary N) is 1. The molecule has 0 saturated carbocycles. The number of aromatic amines is 1. The highest BCUT2D eigenvalue weighted by Crippen LogP contribution is 2.21. The van der Waals surface area contributed by atoms with Crippen LogP contribution in [0, 0.1) is 3.57 Å². The summed E-state index contributed by atoms with van der Waals surface area (Å²) >= 11 is 2.25. The molecule has 2 aromatic carbocycles. The van der Waals surface area contributed by atoms with Crippen LogP contribution in [0.3, 0.4) is 0 Å². The summed E-state index contributed by atoms with van der Waals surface area (Å²) < 4.78 is 1.13. The van der Waals surface area contributed by atoms with Crippen LogP contribution in [0.5, 0.6) is 0 Å². The number of halogens is 1. The van der Waals surface area contributed by atoms with Gasteiger partial charge in [-0.2, -0.15) is 0 Å². The quantitative estimate of drug-likeness (QED) is 0.390. The Hall–Kier alpha value is -2.10. The number of hydroxylamine groups is 1. The van der Waals surface area contributed by atoms with Gasteiger partial charge in [-0.3, -0.25) is 5.21 Å². The van der Waals surface area contributed by atoms with Gasteiger partial charge in [-0.25, -0.2) is 9.80 Å². The maximum atomic E-state index is 11.5. The van der Waals surface area contributed by atoms with Crippen molar-refractivity contribution in [3.63, 3.8) is 0 Å². The van der Waals surface area contributed by atoms with Crippen molar-refractivity contribution < 1.29 is 15.1 Å². The number of aromatic nitrogens is 1. The van der Waals surface area contributed by atoms with Crippen molar-refractivity contribution >= 4 is 39.6 Å². The van der Waals surface area contributed by atoms with Crippen LogP contribution in [0.25, 0.3) is 10.9 Å². The summed E-state index contributed by atoms with van der Waals surface area (Å²) in [4.78, 5) is 14.7. The first-order chi connectivity index (χ1) is 12.0. The molecule has 3 N–H and O–H groups in total. The zero-order valence-corrected chi connectivity index (χ0v) is 15.6. The molecule has 0 unspecified atom stereocenters. The van der Waals surface area contributed by atoms with Gasteiger partial charge in [-0.05, 0) is 52.3 Å². The number of benzene rings is 2. The Labute approximate surface area is 158 Å². The molecule has 0 fully saturated rings. The normalized spacial score (nSPS) is 11.2. The Bertz CT molecular complexity index is 866. The predicted molar refractivity (Wildman–Crippen MR) is 103 cm³/mol. The van der Waals surface area contributed by atoms with Gasteiger partial charge in [0.05, 0.1) is 6.54 Å². The summed E-state index contributed by atoms with van der Waals surface area (Å²) in [6, 6.07) is 15.3. The molecule has 0 bridgehead atoms. The average Bonchev–Trinajstić information content (AvgIpc) is 2.97.